The third kappa shape index (κ3) is 7.27. The van der Waals surface area contributed by atoms with Crippen LogP contribution in [0.5, 0.6) is 0 Å². The summed E-state index contributed by atoms with van der Waals surface area (Å²) in [5.74, 6) is -3.96. The number of aromatic nitrogens is 4. The molecule has 1 heterocycles. The van der Waals surface area contributed by atoms with Gasteiger partial charge in [-0.15, -0.1) is 17.5 Å². The van der Waals surface area contributed by atoms with Gasteiger partial charge in [0.05, 0.1) is 6.04 Å². The monoisotopic (exact) mass is 436 g/mol. The number of benzene rings is 1. The Morgan fingerprint density at radius 2 is 1.93 bits per heavy atom. The predicted molar refractivity (Wildman–Crippen MR) is 99.0 cm³/mol. The van der Waals surface area contributed by atoms with Crippen LogP contribution in [0, 0.1) is 17.5 Å². The van der Waals surface area contributed by atoms with Gasteiger partial charge < -0.3 is 21.1 Å². The lowest BCUT2D eigenvalue weighted by atomic mass is 9.83. The standard InChI is InChI=1S/C15H20BF3N6O3.ClH/c17-10-4-5-11(18)14(19)9(10)7-21-13(26)8-25-15(22-23-24-25)12(20)3-1-2-6-16(27)28;/h4-5,12,27-28H,1-3,6-8,20H2,(H,21,26);1H. The van der Waals surface area contributed by atoms with Crippen molar-refractivity contribution in [2.24, 2.45) is 5.73 Å². The lowest BCUT2D eigenvalue weighted by Crippen LogP contribution is -2.30. The average Bonchev–Trinajstić information content (AvgIpc) is 3.09. The summed E-state index contributed by atoms with van der Waals surface area (Å²) in [6.07, 6.45) is 1.80. The Bertz CT molecular complexity index is 814. The van der Waals surface area contributed by atoms with Crippen LogP contribution in [0.4, 0.5) is 13.2 Å². The van der Waals surface area contributed by atoms with Crippen molar-refractivity contribution in [1.29, 1.82) is 0 Å². The van der Waals surface area contributed by atoms with E-state index in [-0.39, 0.29) is 31.1 Å². The number of carbonyl (C=O) groups excluding carboxylic acids is 1. The molecule has 2 rings (SSSR count). The van der Waals surface area contributed by atoms with Crippen molar-refractivity contribution in [3.63, 3.8) is 0 Å². The van der Waals surface area contributed by atoms with Crippen molar-refractivity contribution >= 4 is 25.4 Å². The number of nitrogens with zero attached hydrogens (tertiary/aromatic N) is 4. The second kappa shape index (κ2) is 11.7. The Kier molecular flexibility index (Phi) is 10.0. The summed E-state index contributed by atoms with van der Waals surface area (Å²) in [6, 6.07) is 0.844. The molecule has 1 amide bonds. The van der Waals surface area contributed by atoms with Crippen LogP contribution in [0.15, 0.2) is 12.1 Å². The van der Waals surface area contributed by atoms with Crippen molar-refractivity contribution in [2.75, 3.05) is 0 Å². The highest BCUT2D eigenvalue weighted by Gasteiger charge is 2.19. The predicted octanol–water partition coefficient (Wildman–Crippen LogP) is 0.471. The summed E-state index contributed by atoms with van der Waals surface area (Å²) in [6.45, 7) is -0.884. The number of amides is 1. The molecule has 9 nitrogen and oxygen atoms in total. The van der Waals surface area contributed by atoms with Gasteiger partial charge in [-0.2, -0.15) is 0 Å². The van der Waals surface area contributed by atoms with Crippen LogP contribution >= 0.6 is 12.4 Å². The lowest BCUT2D eigenvalue weighted by molar-refractivity contribution is -0.122. The third-order valence-corrected chi connectivity index (χ3v) is 4.01. The molecule has 0 radical (unpaired) electrons. The zero-order valence-electron chi connectivity index (χ0n) is 15.3. The Balaban J connectivity index is 0.00000420. The second-order valence-corrected chi connectivity index (χ2v) is 6.16. The molecule has 0 aliphatic heterocycles. The van der Waals surface area contributed by atoms with Crippen LogP contribution in [0.25, 0.3) is 0 Å². The zero-order valence-corrected chi connectivity index (χ0v) is 16.1. The molecule has 29 heavy (non-hydrogen) atoms. The molecule has 1 aromatic heterocycles. The van der Waals surface area contributed by atoms with Gasteiger partial charge >= 0.3 is 7.12 Å². The number of nitrogens with one attached hydrogen (secondary N) is 1. The van der Waals surface area contributed by atoms with E-state index in [0.717, 1.165) is 10.7 Å². The fourth-order valence-electron chi connectivity index (χ4n) is 2.52. The maximum atomic E-state index is 13.6. The van der Waals surface area contributed by atoms with Crippen LogP contribution < -0.4 is 11.1 Å². The van der Waals surface area contributed by atoms with Gasteiger partial charge in [0.25, 0.3) is 0 Å². The van der Waals surface area contributed by atoms with Gasteiger partial charge in [0.2, 0.25) is 5.91 Å². The molecular formula is C15H21BClF3N6O3. The van der Waals surface area contributed by atoms with Crippen LogP contribution in [-0.4, -0.2) is 43.3 Å². The molecule has 2 aromatic rings. The summed E-state index contributed by atoms with van der Waals surface area (Å²) in [7, 11) is -1.38. The molecule has 5 N–H and O–H groups in total. The van der Waals surface area contributed by atoms with E-state index in [1.54, 1.807) is 0 Å². The van der Waals surface area contributed by atoms with Gasteiger partial charge in [-0.3, -0.25) is 4.79 Å². The van der Waals surface area contributed by atoms with Crippen LogP contribution in [0.2, 0.25) is 6.32 Å². The molecular weight excluding hydrogens is 415 g/mol. The number of nitrogens with two attached hydrogens (primary N) is 1. The molecule has 1 aromatic carbocycles. The third-order valence-electron chi connectivity index (χ3n) is 4.01. The van der Waals surface area contributed by atoms with Crippen molar-refractivity contribution < 1.29 is 28.0 Å². The zero-order chi connectivity index (χ0) is 20.7. The van der Waals surface area contributed by atoms with E-state index in [4.69, 9.17) is 15.8 Å². The number of rotatable bonds is 10. The van der Waals surface area contributed by atoms with E-state index >= 15 is 0 Å². The maximum Gasteiger partial charge on any atom is 0.451 e. The molecule has 0 saturated carbocycles. The fourth-order valence-corrected chi connectivity index (χ4v) is 2.52. The molecule has 14 heteroatoms. The quantitative estimate of drug-likeness (QED) is 0.241. The van der Waals surface area contributed by atoms with Gasteiger partial charge in [0.15, 0.2) is 17.5 Å². The summed E-state index contributed by atoms with van der Waals surface area (Å²) >= 11 is 0. The number of unbranched alkanes of at least 4 members (excludes halogenated alkanes) is 1. The van der Waals surface area contributed by atoms with E-state index in [1.165, 1.54) is 0 Å². The minimum absolute atomic E-state index is 0. The second-order valence-electron chi connectivity index (χ2n) is 6.16. The molecule has 0 fully saturated rings. The van der Waals surface area contributed by atoms with E-state index in [1.807, 2.05) is 0 Å². The highest BCUT2D eigenvalue weighted by molar-refractivity contribution is 6.40. The highest BCUT2D eigenvalue weighted by Crippen LogP contribution is 2.16. The Labute approximate surface area is 171 Å². The Morgan fingerprint density at radius 3 is 2.62 bits per heavy atom. The molecule has 0 aliphatic carbocycles. The van der Waals surface area contributed by atoms with Crippen molar-refractivity contribution in [2.45, 2.75) is 44.7 Å². The molecule has 1 unspecified atom stereocenters. The van der Waals surface area contributed by atoms with Gasteiger partial charge in [-0.25, -0.2) is 17.9 Å². The molecule has 0 spiro atoms. The number of tetrazole rings is 1. The molecule has 0 bridgehead atoms. The number of carbonyl (C=O) groups is 1. The SMILES string of the molecule is Cl.NC(CCCCB(O)O)c1nnnn1CC(=O)NCc1c(F)ccc(F)c1F. The van der Waals surface area contributed by atoms with E-state index < -0.39 is 48.6 Å². The summed E-state index contributed by atoms with van der Waals surface area (Å²) in [5.41, 5.74) is 5.40. The summed E-state index contributed by atoms with van der Waals surface area (Å²) in [5, 5.41) is 30.8. The van der Waals surface area contributed by atoms with Crippen molar-refractivity contribution in [3.05, 3.63) is 41.0 Å². The van der Waals surface area contributed by atoms with Gasteiger partial charge in [-0.05, 0) is 35.3 Å². The van der Waals surface area contributed by atoms with Crippen LogP contribution in [0.3, 0.4) is 0 Å². The van der Waals surface area contributed by atoms with Gasteiger partial charge in [0.1, 0.15) is 12.4 Å². The van der Waals surface area contributed by atoms with E-state index in [9.17, 15) is 18.0 Å². The van der Waals surface area contributed by atoms with Crippen molar-refractivity contribution in [3.8, 4) is 0 Å². The molecule has 1 atom stereocenters. The van der Waals surface area contributed by atoms with Crippen LogP contribution in [-0.2, 0) is 17.9 Å². The maximum absolute atomic E-state index is 13.6. The molecule has 0 aliphatic rings. The number of hydrogen-bond donors (Lipinski definition) is 4. The van der Waals surface area contributed by atoms with Gasteiger partial charge in [-0.1, -0.05) is 12.8 Å². The Hall–Kier alpha value is -2.22. The smallest absolute Gasteiger partial charge is 0.427 e. The van der Waals surface area contributed by atoms with Crippen molar-refractivity contribution in [1.82, 2.24) is 25.5 Å². The first-order valence-electron chi connectivity index (χ1n) is 8.56. The normalized spacial score (nSPS) is 11.7. The van der Waals surface area contributed by atoms with Crippen LogP contribution in [0.1, 0.15) is 36.7 Å². The summed E-state index contributed by atoms with van der Waals surface area (Å²) in [4.78, 5) is 12.0. The van der Waals surface area contributed by atoms with E-state index in [0.29, 0.717) is 25.3 Å². The number of hydrogen-bond acceptors (Lipinski definition) is 7. The van der Waals surface area contributed by atoms with E-state index in [2.05, 4.69) is 20.8 Å². The largest absolute Gasteiger partial charge is 0.451 e. The number of halogens is 4. The average molecular weight is 437 g/mol. The fraction of sp³-hybridized carbons (Fsp3) is 0.467. The lowest BCUT2D eigenvalue weighted by Gasteiger charge is -2.12. The first-order valence-corrected chi connectivity index (χ1v) is 8.56. The minimum atomic E-state index is -1.38. The highest BCUT2D eigenvalue weighted by atomic mass is 35.5. The first kappa shape index (κ1) is 24.8. The first-order chi connectivity index (χ1) is 13.3. The Morgan fingerprint density at radius 1 is 1.24 bits per heavy atom. The molecule has 0 saturated heterocycles. The minimum Gasteiger partial charge on any atom is -0.427 e. The van der Waals surface area contributed by atoms with Gasteiger partial charge in [0, 0.05) is 12.1 Å². The molecule has 160 valence electrons. The summed E-state index contributed by atoms with van der Waals surface area (Å²) < 4.78 is 41.5. The topological polar surface area (TPSA) is 139 Å².